The lowest BCUT2D eigenvalue weighted by Gasteiger charge is -2.52. The third-order valence-corrected chi connectivity index (χ3v) is 7.38. The molecule has 0 spiro atoms. The maximum absolute atomic E-state index is 15.6. The molecule has 1 aromatic heterocycles. The quantitative estimate of drug-likeness (QED) is 0.743. The lowest BCUT2D eigenvalue weighted by molar-refractivity contribution is -0.139. The van der Waals surface area contributed by atoms with Crippen LogP contribution in [0.1, 0.15) is 32.6 Å². The van der Waals surface area contributed by atoms with E-state index < -0.39 is 11.6 Å². The Labute approximate surface area is 192 Å². The van der Waals surface area contributed by atoms with E-state index in [0.717, 1.165) is 32.5 Å². The van der Waals surface area contributed by atoms with Crippen molar-refractivity contribution in [2.75, 3.05) is 37.6 Å². The summed E-state index contributed by atoms with van der Waals surface area (Å²) in [5, 5.41) is 3.08. The van der Waals surface area contributed by atoms with E-state index in [-0.39, 0.29) is 30.1 Å². The lowest BCUT2D eigenvalue weighted by atomic mass is 9.73. The number of halogens is 2. The molecule has 1 N–H and O–H groups in total. The van der Waals surface area contributed by atoms with E-state index in [4.69, 9.17) is 4.74 Å². The number of aromatic nitrogens is 2. The second-order valence-corrected chi connectivity index (χ2v) is 9.64. The average molecular weight is 458 g/mol. The Balaban J connectivity index is 1.17. The first kappa shape index (κ1) is 22.0. The highest BCUT2D eigenvalue weighted by Gasteiger charge is 2.49. The van der Waals surface area contributed by atoms with Gasteiger partial charge in [-0.25, -0.2) is 18.7 Å². The van der Waals surface area contributed by atoms with Crippen LogP contribution < -0.4 is 15.0 Å². The molecule has 0 saturated carbocycles. The molecular weight excluding hydrogens is 428 g/mol. The number of nitrogens with one attached hydrogen (secondary N) is 1. The highest BCUT2D eigenvalue weighted by atomic mass is 19.1. The third-order valence-electron chi connectivity index (χ3n) is 7.38. The summed E-state index contributed by atoms with van der Waals surface area (Å²) in [6, 6.07) is 5.64. The van der Waals surface area contributed by atoms with Crippen LogP contribution in [0, 0.1) is 11.7 Å². The maximum Gasteiger partial charge on any atom is 0.258 e. The van der Waals surface area contributed by atoms with Gasteiger partial charge in [-0.2, -0.15) is 0 Å². The molecule has 5 heterocycles. The van der Waals surface area contributed by atoms with Gasteiger partial charge < -0.3 is 19.9 Å². The topological polar surface area (TPSA) is 70.6 Å². The molecule has 4 saturated heterocycles. The molecule has 4 aliphatic rings. The SMILES string of the molecule is CC1(NC(=O)C2(F)CCN(c3cnc(Oc4ccc(F)cc4)cn3)CC2)CN2CCC1CC2. The molecule has 2 bridgehead atoms. The molecule has 1 atom stereocenters. The standard InChI is InChI=1S/C24H29F2N5O2/c1-23(16-30-10-6-17(23)7-11-30)29-22(32)24(26)8-12-31(13-9-24)20-14-28-21(15-27-20)33-19-4-2-18(25)3-5-19/h2-5,14-15,17H,6-13,16H2,1H3,(H,29,32). The van der Waals surface area contributed by atoms with Crippen LogP contribution in [-0.4, -0.2) is 64.7 Å². The van der Waals surface area contributed by atoms with E-state index >= 15 is 4.39 Å². The van der Waals surface area contributed by atoms with Crippen LogP contribution in [-0.2, 0) is 4.79 Å². The van der Waals surface area contributed by atoms with Gasteiger partial charge >= 0.3 is 0 Å². The van der Waals surface area contributed by atoms with E-state index in [9.17, 15) is 9.18 Å². The molecule has 1 amide bonds. The van der Waals surface area contributed by atoms with Crippen molar-refractivity contribution < 1.29 is 18.3 Å². The van der Waals surface area contributed by atoms with Gasteiger partial charge in [-0.15, -0.1) is 0 Å². The first-order valence-electron chi connectivity index (χ1n) is 11.6. The summed E-state index contributed by atoms with van der Waals surface area (Å²) in [6.07, 6.45) is 5.39. The van der Waals surface area contributed by atoms with Gasteiger partial charge in [-0.3, -0.25) is 4.79 Å². The Morgan fingerprint density at radius 1 is 1.09 bits per heavy atom. The van der Waals surface area contributed by atoms with Crippen LogP contribution in [0.25, 0.3) is 0 Å². The fourth-order valence-electron chi connectivity index (χ4n) is 5.30. The van der Waals surface area contributed by atoms with Crippen LogP contribution in [0.15, 0.2) is 36.7 Å². The minimum absolute atomic E-state index is 0.110. The number of carbonyl (C=O) groups excluding carboxylic acids is 1. The first-order chi connectivity index (χ1) is 15.8. The second kappa shape index (κ2) is 8.52. The molecule has 6 rings (SSSR count). The normalized spacial score (nSPS) is 28.4. The van der Waals surface area contributed by atoms with Gasteiger partial charge in [-0.1, -0.05) is 0 Å². The first-order valence-corrected chi connectivity index (χ1v) is 11.6. The predicted octanol–water partition coefficient (Wildman–Crippen LogP) is 3.32. The summed E-state index contributed by atoms with van der Waals surface area (Å²) in [7, 11) is 0. The summed E-state index contributed by atoms with van der Waals surface area (Å²) in [5.41, 5.74) is -2.22. The maximum atomic E-state index is 15.6. The van der Waals surface area contributed by atoms with Crippen LogP contribution in [0.5, 0.6) is 11.6 Å². The number of amides is 1. The van der Waals surface area contributed by atoms with Gasteiger partial charge in [0.05, 0.1) is 17.9 Å². The van der Waals surface area contributed by atoms with Gasteiger partial charge in [0, 0.05) is 32.5 Å². The molecule has 1 unspecified atom stereocenters. The summed E-state index contributed by atoms with van der Waals surface area (Å²) in [6.45, 7) is 5.76. The third kappa shape index (κ3) is 4.51. The Kier molecular flexibility index (Phi) is 5.68. The molecule has 33 heavy (non-hydrogen) atoms. The Hall–Kier alpha value is -2.81. The largest absolute Gasteiger partial charge is 0.438 e. The van der Waals surface area contributed by atoms with E-state index in [2.05, 4.69) is 27.1 Å². The Bertz CT molecular complexity index is 987. The zero-order valence-electron chi connectivity index (χ0n) is 18.8. The van der Waals surface area contributed by atoms with E-state index in [1.54, 1.807) is 6.20 Å². The minimum atomic E-state index is -1.87. The monoisotopic (exact) mass is 457 g/mol. The van der Waals surface area contributed by atoms with Crippen LogP contribution >= 0.6 is 0 Å². The molecule has 1 aromatic carbocycles. The van der Waals surface area contributed by atoms with Crippen LogP contribution in [0.4, 0.5) is 14.6 Å². The summed E-state index contributed by atoms with van der Waals surface area (Å²) in [5.74, 6) is 0.944. The molecular formula is C24H29F2N5O2. The van der Waals surface area contributed by atoms with Crippen molar-refractivity contribution in [1.82, 2.24) is 20.2 Å². The number of piperidine rings is 4. The summed E-state index contributed by atoms with van der Waals surface area (Å²) < 4.78 is 34.2. The lowest BCUT2D eigenvalue weighted by Crippen LogP contribution is -2.68. The number of hydrogen-bond donors (Lipinski definition) is 1. The number of ether oxygens (including phenoxy) is 1. The van der Waals surface area contributed by atoms with Gasteiger partial charge in [0.1, 0.15) is 17.4 Å². The molecule has 4 aliphatic heterocycles. The number of nitrogens with zero attached hydrogens (tertiary/aromatic N) is 4. The Morgan fingerprint density at radius 2 is 1.79 bits per heavy atom. The molecule has 7 nitrogen and oxygen atoms in total. The number of hydrogen-bond acceptors (Lipinski definition) is 6. The predicted molar refractivity (Wildman–Crippen MR) is 120 cm³/mol. The second-order valence-electron chi connectivity index (χ2n) is 9.64. The number of anilines is 1. The number of carbonyl (C=O) groups is 1. The number of fused-ring (bicyclic) bond motifs is 3. The molecule has 4 fully saturated rings. The smallest absolute Gasteiger partial charge is 0.258 e. The van der Waals surface area contributed by atoms with Gasteiger partial charge in [0.15, 0.2) is 5.67 Å². The average Bonchev–Trinajstić information content (AvgIpc) is 2.82. The number of alkyl halides is 1. The van der Waals surface area contributed by atoms with Gasteiger partial charge in [0.2, 0.25) is 5.88 Å². The zero-order chi connectivity index (χ0) is 23.1. The van der Waals surface area contributed by atoms with E-state index in [0.29, 0.717) is 30.6 Å². The minimum Gasteiger partial charge on any atom is -0.438 e. The molecule has 9 heteroatoms. The van der Waals surface area contributed by atoms with Crippen molar-refractivity contribution in [3.8, 4) is 11.6 Å². The van der Waals surface area contributed by atoms with Crippen molar-refractivity contribution >= 4 is 11.7 Å². The summed E-state index contributed by atoms with van der Waals surface area (Å²) in [4.78, 5) is 25.9. The molecule has 176 valence electrons. The van der Waals surface area contributed by atoms with Gasteiger partial charge in [-0.05, 0) is 63.0 Å². The van der Waals surface area contributed by atoms with Crippen molar-refractivity contribution in [2.24, 2.45) is 5.92 Å². The Morgan fingerprint density at radius 3 is 2.36 bits per heavy atom. The highest BCUT2D eigenvalue weighted by Crippen LogP contribution is 2.37. The van der Waals surface area contributed by atoms with Crippen molar-refractivity contribution in [1.29, 1.82) is 0 Å². The molecule has 2 aromatic rings. The molecule has 0 aliphatic carbocycles. The van der Waals surface area contributed by atoms with E-state index in [1.807, 2.05) is 4.90 Å². The van der Waals surface area contributed by atoms with Crippen LogP contribution in [0.2, 0.25) is 0 Å². The highest BCUT2D eigenvalue weighted by molar-refractivity contribution is 5.86. The number of rotatable bonds is 5. The van der Waals surface area contributed by atoms with E-state index in [1.165, 1.54) is 30.5 Å². The van der Waals surface area contributed by atoms with Gasteiger partial charge in [0.25, 0.3) is 5.91 Å². The van der Waals surface area contributed by atoms with Crippen molar-refractivity contribution in [3.63, 3.8) is 0 Å². The van der Waals surface area contributed by atoms with Crippen LogP contribution in [0.3, 0.4) is 0 Å². The van der Waals surface area contributed by atoms with Crippen molar-refractivity contribution in [2.45, 2.75) is 43.8 Å². The fraction of sp³-hybridized carbons (Fsp3) is 0.542. The zero-order valence-corrected chi connectivity index (χ0v) is 18.8. The number of benzene rings is 1. The fourth-order valence-corrected chi connectivity index (χ4v) is 5.30. The molecule has 0 radical (unpaired) electrons. The summed E-state index contributed by atoms with van der Waals surface area (Å²) >= 11 is 0. The van der Waals surface area contributed by atoms with Crippen molar-refractivity contribution in [3.05, 3.63) is 42.5 Å².